The second-order valence-electron chi connectivity index (χ2n) is 4.94. The van der Waals surface area contributed by atoms with Crippen molar-refractivity contribution < 1.29 is 9.53 Å². The summed E-state index contributed by atoms with van der Waals surface area (Å²) in [6.45, 7) is 2.08. The van der Waals surface area contributed by atoms with Gasteiger partial charge in [-0.1, -0.05) is 19.1 Å². The van der Waals surface area contributed by atoms with E-state index in [1.807, 2.05) is 0 Å². The Morgan fingerprint density at radius 2 is 2.28 bits per heavy atom. The van der Waals surface area contributed by atoms with Gasteiger partial charge in [0.2, 0.25) is 6.41 Å². The van der Waals surface area contributed by atoms with E-state index in [1.165, 1.54) is 24.0 Å². The molecule has 0 heterocycles. The number of amides is 1. The van der Waals surface area contributed by atoms with Crippen molar-refractivity contribution >= 4 is 6.41 Å². The number of hydrogen-bond acceptors (Lipinski definition) is 2. The van der Waals surface area contributed by atoms with E-state index in [0.717, 1.165) is 25.0 Å². The monoisotopic (exact) mass is 247 g/mol. The number of hydrogen-bond donors (Lipinski definition) is 1. The Bertz CT molecular complexity index is 413. The number of nitrogens with one attached hydrogen (secondary N) is 1. The van der Waals surface area contributed by atoms with Gasteiger partial charge in [0.25, 0.3) is 0 Å². The van der Waals surface area contributed by atoms with E-state index >= 15 is 0 Å². The van der Waals surface area contributed by atoms with Gasteiger partial charge in [-0.2, -0.15) is 0 Å². The molecule has 98 valence electrons. The summed E-state index contributed by atoms with van der Waals surface area (Å²) in [6, 6.07) is 6.66. The maximum Gasteiger partial charge on any atom is 0.207 e. The normalized spacial score (nSPS) is 16.1. The van der Waals surface area contributed by atoms with Gasteiger partial charge in [0.05, 0.1) is 7.11 Å². The minimum absolute atomic E-state index is 0.207. The van der Waals surface area contributed by atoms with Crippen molar-refractivity contribution in [2.75, 3.05) is 7.11 Å². The minimum atomic E-state index is 0.207. The van der Waals surface area contributed by atoms with Crippen molar-refractivity contribution in [3.05, 3.63) is 29.3 Å². The fourth-order valence-corrected chi connectivity index (χ4v) is 2.32. The van der Waals surface area contributed by atoms with E-state index in [0.29, 0.717) is 5.92 Å². The molecule has 1 aromatic carbocycles. The average molecular weight is 247 g/mol. The van der Waals surface area contributed by atoms with Gasteiger partial charge in [-0.25, -0.2) is 0 Å². The predicted molar refractivity (Wildman–Crippen MR) is 72.0 cm³/mol. The van der Waals surface area contributed by atoms with Crippen molar-refractivity contribution in [1.82, 2.24) is 5.32 Å². The van der Waals surface area contributed by atoms with Crippen molar-refractivity contribution in [2.45, 2.75) is 44.6 Å². The molecule has 1 aliphatic carbocycles. The molecule has 0 spiro atoms. The van der Waals surface area contributed by atoms with E-state index in [9.17, 15) is 4.79 Å². The van der Waals surface area contributed by atoms with Crippen LogP contribution in [-0.2, 0) is 11.2 Å². The van der Waals surface area contributed by atoms with E-state index in [-0.39, 0.29) is 6.04 Å². The molecule has 1 fully saturated rings. The number of benzene rings is 1. The number of methoxy groups -OCH3 is 1. The van der Waals surface area contributed by atoms with Crippen LogP contribution in [-0.4, -0.2) is 19.6 Å². The molecule has 1 amide bonds. The molecule has 3 heteroatoms. The van der Waals surface area contributed by atoms with Gasteiger partial charge >= 0.3 is 0 Å². The Morgan fingerprint density at radius 1 is 1.50 bits per heavy atom. The first-order valence-corrected chi connectivity index (χ1v) is 6.65. The molecule has 3 nitrogen and oxygen atoms in total. The third-order valence-corrected chi connectivity index (χ3v) is 3.59. The van der Waals surface area contributed by atoms with Crippen LogP contribution in [0.3, 0.4) is 0 Å². The summed E-state index contributed by atoms with van der Waals surface area (Å²) in [5, 5.41) is 2.85. The molecule has 0 aliphatic heterocycles. The molecule has 1 N–H and O–H groups in total. The lowest BCUT2D eigenvalue weighted by molar-refractivity contribution is -0.110. The highest BCUT2D eigenvalue weighted by Crippen LogP contribution is 2.44. The van der Waals surface area contributed by atoms with Crippen LogP contribution in [0.2, 0.25) is 0 Å². The molecular formula is C15H21NO2. The molecule has 1 atom stereocenters. The number of ether oxygens (including phenoxy) is 1. The number of carbonyl (C=O) groups excluding carboxylic acids is 1. The second kappa shape index (κ2) is 5.89. The van der Waals surface area contributed by atoms with Crippen LogP contribution in [0.4, 0.5) is 0 Å². The SMILES string of the molecule is CCC(Cc1ccc(C2CC2)c(OC)c1)NC=O. The van der Waals surface area contributed by atoms with Crippen LogP contribution in [0.25, 0.3) is 0 Å². The van der Waals surface area contributed by atoms with Crippen LogP contribution in [0.5, 0.6) is 5.75 Å². The van der Waals surface area contributed by atoms with Crippen molar-refractivity contribution in [1.29, 1.82) is 0 Å². The topological polar surface area (TPSA) is 38.3 Å². The molecule has 0 bridgehead atoms. The summed E-state index contributed by atoms with van der Waals surface area (Å²) in [5.41, 5.74) is 2.55. The van der Waals surface area contributed by atoms with Crippen molar-refractivity contribution in [2.24, 2.45) is 0 Å². The van der Waals surface area contributed by atoms with Gasteiger partial charge in [0.1, 0.15) is 5.75 Å². The zero-order valence-corrected chi connectivity index (χ0v) is 11.1. The Balaban J connectivity index is 2.10. The first-order chi connectivity index (χ1) is 8.78. The Hall–Kier alpha value is -1.51. The molecular weight excluding hydrogens is 226 g/mol. The molecule has 1 aromatic rings. The molecule has 1 aliphatic rings. The highest BCUT2D eigenvalue weighted by molar-refractivity contribution is 5.47. The molecule has 0 radical (unpaired) electrons. The molecule has 1 unspecified atom stereocenters. The minimum Gasteiger partial charge on any atom is -0.496 e. The summed E-state index contributed by atoms with van der Waals surface area (Å²) < 4.78 is 5.47. The van der Waals surface area contributed by atoms with Gasteiger partial charge in [-0.15, -0.1) is 0 Å². The first-order valence-electron chi connectivity index (χ1n) is 6.65. The fraction of sp³-hybridized carbons (Fsp3) is 0.533. The predicted octanol–water partition coefficient (Wildman–Crippen LogP) is 2.64. The summed E-state index contributed by atoms with van der Waals surface area (Å²) in [5.74, 6) is 1.69. The molecule has 2 rings (SSSR count). The summed E-state index contributed by atoms with van der Waals surface area (Å²) in [7, 11) is 1.73. The zero-order valence-electron chi connectivity index (χ0n) is 11.1. The Labute approximate surface area is 109 Å². The van der Waals surface area contributed by atoms with E-state index in [2.05, 4.69) is 30.4 Å². The summed E-state index contributed by atoms with van der Waals surface area (Å²) in [6.07, 6.45) is 5.13. The van der Waals surface area contributed by atoms with Crippen LogP contribution in [0.15, 0.2) is 18.2 Å². The van der Waals surface area contributed by atoms with Crippen LogP contribution < -0.4 is 10.1 Å². The first kappa shape index (κ1) is 12.9. The molecule has 1 saturated carbocycles. The van der Waals surface area contributed by atoms with E-state index < -0.39 is 0 Å². The van der Waals surface area contributed by atoms with Crippen molar-refractivity contribution in [3.8, 4) is 5.75 Å². The summed E-state index contributed by atoms with van der Waals surface area (Å²) in [4.78, 5) is 10.5. The lowest BCUT2D eigenvalue weighted by Gasteiger charge is -2.15. The quantitative estimate of drug-likeness (QED) is 0.752. The van der Waals surface area contributed by atoms with Crippen LogP contribution in [0, 0.1) is 0 Å². The third-order valence-electron chi connectivity index (χ3n) is 3.59. The van der Waals surface area contributed by atoms with Gasteiger partial charge < -0.3 is 10.1 Å². The van der Waals surface area contributed by atoms with Crippen LogP contribution >= 0.6 is 0 Å². The van der Waals surface area contributed by atoms with Crippen molar-refractivity contribution in [3.63, 3.8) is 0 Å². The smallest absolute Gasteiger partial charge is 0.207 e. The number of rotatable bonds is 7. The molecule has 18 heavy (non-hydrogen) atoms. The van der Waals surface area contributed by atoms with Gasteiger partial charge in [-0.3, -0.25) is 4.79 Å². The second-order valence-corrected chi connectivity index (χ2v) is 4.94. The molecule has 0 saturated heterocycles. The highest BCUT2D eigenvalue weighted by atomic mass is 16.5. The van der Waals surface area contributed by atoms with Gasteiger partial charge in [0, 0.05) is 6.04 Å². The average Bonchev–Trinajstić information content (AvgIpc) is 3.22. The lowest BCUT2D eigenvalue weighted by atomic mass is 10.0. The maximum absolute atomic E-state index is 10.5. The zero-order chi connectivity index (χ0) is 13.0. The third kappa shape index (κ3) is 3.03. The maximum atomic E-state index is 10.5. The standard InChI is InChI=1S/C15H21NO2/c1-3-13(16-10-17)8-11-4-7-14(12-5-6-12)15(9-11)18-2/h4,7,9-10,12-13H,3,5-6,8H2,1-2H3,(H,16,17). The number of carbonyl (C=O) groups is 1. The summed E-state index contributed by atoms with van der Waals surface area (Å²) >= 11 is 0. The van der Waals surface area contributed by atoms with E-state index in [1.54, 1.807) is 7.11 Å². The highest BCUT2D eigenvalue weighted by Gasteiger charge is 2.26. The van der Waals surface area contributed by atoms with Gasteiger partial charge in [-0.05, 0) is 48.8 Å². The Kier molecular flexibility index (Phi) is 4.24. The lowest BCUT2D eigenvalue weighted by Crippen LogP contribution is -2.29. The molecule has 0 aromatic heterocycles. The fourth-order valence-electron chi connectivity index (χ4n) is 2.32. The van der Waals surface area contributed by atoms with E-state index in [4.69, 9.17) is 4.74 Å². The largest absolute Gasteiger partial charge is 0.496 e. The van der Waals surface area contributed by atoms with Crippen LogP contribution in [0.1, 0.15) is 43.2 Å². The Morgan fingerprint density at radius 3 is 2.83 bits per heavy atom. The van der Waals surface area contributed by atoms with Gasteiger partial charge in [0.15, 0.2) is 0 Å².